The van der Waals surface area contributed by atoms with Crippen molar-refractivity contribution < 1.29 is 19.3 Å². The number of aromatic hydroxyl groups is 1. The van der Waals surface area contributed by atoms with Gasteiger partial charge in [0.25, 0.3) is 11.4 Å². The van der Waals surface area contributed by atoms with Crippen LogP contribution in [0.3, 0.4) is 0 Å². The fourth-order valence-corrected chi connectivity index (χ4v) is 1.61. The molecule has 0 spiro atoms. The molecule has 0 unspecified atom stereocenters. The standard InChI is InChI=1S/C13H8FN3O5/c14-11-3-1-10(17(21)22)6-12(11)15-7-8-5-9(16(19)20)2-4-13(8)18/h1-7,18H. The second-order valence-corrected chi connectivity index (χ2v) is 4.15. The number of nitro benzene ring substituents is 2. The van der Waals surface area contributed by atoms with Gasteiger partial charge < -0.3 is 5.11 Å². The highest BCUT2D eigenvalue weighted by Gasteiger charge is 2.11. The van der Waals surface area contributed by atoms with E-state index in [0.29, 0.717) is 0 Å². The maximum atomic E-state index is 13.5. The molecule has 0 bridgehead atoms. The number of phenolic OH excluding ortho intramolecular Hbond substituents is 1. The summed E-state index contributed by atoms with van der Waals surface area (Å²) in [5.41, 5.74) is -0.962. The molecule has 0 saturated heterocycles. The fourth-order valence-electron chi connectivity index (χ4n) is 1.61. The normalized spacial score (nSPS) is 10.8. The van der Waals surface area contributed by atoms with Gasteiger partial charge in [0.1, 0.15) is 17.3 Å². The first-order valence-corrected chi connectivity index (χ1v) is 5.84. The monoisotopic (exact) mass is 305 g/mol. The molecule has 0 atom stereocenters. The van der Waals surface area contributed by atoms with Gasteiger partial charge in [-0.2, -0.15) is 0 Å². The Bertz CT molecular complexity index is 726. The minimum absolute atomic E-state index is 0.0138. The maximum Gasteiger partial charge on any atom is 0.271 e. The Morgan fingerprint density at radius 3 is 2.27 bits per heavy atom. The Morgan fingerprint density at radius 2 is 1.64 bits per heavy atom. The summed E-state index contributed by atoms with van der Waals surface area (Å²) < 4.78 is 13.5. The van der Waals surface area contributed by atoms with Crippen LogP contribution in [0, 0.1) is 26.0 Å². The van der Waals surface area contributed by atoms with E-state index in [1.807, 2.05) is 0 Å². The van der Waals surface area contributed by atoms with Gasteiger partial charge in [-0.3, -0.25) is 25.2 Å². The van der Waals surface area contributed by atoms with Crippen molar-refractivity contribution in [2.75, 3.05) is 0 Å². The second-order valence-electron chi connectivity index (χ2n) is 4.15. The van der Waals surface area contributed by atoms with Gasteiger partial charge in [-0.1, -0.05) is 0 Å². The van der Waals surface area contributed by atoms with Crippen LogP contribution < -0.4 is 0 Å². The summed E-state index contributed by atoms with van der Waals surface area (Å²) in [6.45, 7) is 0. The molecule has 0 radical (unpaired) electrons. The van der Waals surface area contributed by atoms with Crippen LogP contribution in [0.2, 0.25) is 0 Å². The molecule has 22 heavy (non-hydrogen) atoms. The molecule has 0 aliphatic carbocycles. The van der Waals surface area contributed by atoms with E-state index < -0.39 is 15.7 Å². The number of benzene rings is 2. The van der Waals surface area contributed by atoms with Gasteiger partial charge in [0.2, 0.25) is 0 Å². The number of rotatable bonds is 4. The van der Waals surface area contributed by atoms with E-state index in [-0.39, 0.29) is 28.4 Å². The lowest BCUT2D eigenvalue weighted by atomic mass is 10.2. The Labute approximate surface area is 122 Å². The van der Waals surface area contributed by atoms with E-state index in [1.54, 1.807) is 0 Å². The molecule has 0 saturated carbocycles. The molecular formula is C13H8FN3O5. The Morgan fingerprint density at radius 1 is 1.05 bits per heavy atom. The van der Waals surface area contributed by atoms with E-state index in [0.717, 1.165) is 42.6 Å². The first-order valence-electron chi connectivity index (χ1n) is 5.84. The van der Waals surface area contributed by atoms with Gasteiger partial charge in [-0.15, -0.1) is 0 Å². The fraction of sp³-hybridized carbons (Fsp3) is 0. The van der Waals surface area contributed by atoms with Crippen molar-refractivity contribution in [1.29, 1.82) is 0 Å². The van der Waals surface area contributed by atoms with Crippen LogP contribution in [0.1, 0.15) is 5.56 Å². The van der Waals surface area contributed by atoms with Crippen molar-refractivity contribution in [1.82, 2.24) is 0 Å². The van der Waals surface area contributed by atoms with Gasteiger partial charge >= 0.3 is 0 Å². The van der Waals surface area contributed by atoms with Gasteiger partial charge in [0, 0.05) is 36.0 Å². The summed E-state index contributed by atoms with van der Waals surface area (Å²) in [5, 5.41) is 30.9. The third kappa shape index (κ3) is 3.20. The zero-order valence-electron chi connectivity index (χ0n) is 10.8. The highest BCUT2D eigenvalue weighted by molar-refractivity contribution is 5.86. The van der Waals surface area contributed by atoms with Crippen molar-refractivity contribution in [2.24, 2.45) is 4.99 Å². The highest BCUT2D eigenvalue weighted by Crippen LogP contribution is 2.25. The lowest BCUT2D eigenvalue weighted by molar-refractivity contribution is -0.385. The molecule has 112 valence electrons. The molecule has 0 aliphatic rings. The maximum absolute atomic E-state index is 13.5. The Hall–Kier alpha value is -3.36. The minimum atomic E-state index is -0.799. The third-order valence-corrected chi connectivity index (χ3v) is 2.71. The average molecular weight is 305 g/mol. The number of nitro groups is 2. The summed E-state index contributed by atoms with van der Waals surface area (Å²) in [6.07, 6.45) is 0.991. The molecule has 0 amide bonds. The number of halogens is 1. The molecule has 8 nitrogen and oxygen atoms in total. The van der Waals surface area contributed by atoms with Gasteiger partial charge in [-0.05, 0) is 12.1 Å². The lowest BCUT2D eigenvalue weighted by Gasteiger charge is -2.00. The van der Waals surface area contributed by atoms with Gasteiger partial charge in [-0.25, -0.2) is 4.39 Å². The van der Waals surface area contributed by atoms with Crippen molar-refractivity contribution in [3.05, 3.63) is 68.0 Å². The van der Waals surface area contributed by atoms with Crippen LogP contribution in [-0.4, -0.2) is 21.2 Å². The molecule has 2 aromatic rings. The Kier molecular flexibility index (Phi) is 4.07. The topological polar surface area (TPSA) is 119 Å². The van der Waals surface area contributed by atoms with Crippen LogP contribution in [0.25, 0.3) is 0 Å². The number of non-ortho nitro benzene ring substituents is 2. The molecular weight excluding hydrogens is 297 g/mol. The van der Waals surface area contributed by atoms with E-state index in [1.165, 1.54) is 0 Å². The van der Waals surface area contributed by atoms with E-state index >= 15 is 0 Å². The second kappa shape index (κ2) is 5.95. The van der Waals surface area contributed by atoms with E-state index in [4.69, 9.17) is 0 Å². The molecule has 0 aromatic heterocycles. The predicted molar refractivity (Wildman–Crippen MR) is 75.1 cm³/mol. The van der Waals surface area contributed by atoms with Crippen molar-refractivity contribution in [3.8, 4) is 5.75 Å². The molecule has 1 N–H and O–H groups in total. The van der Waals surface area contributed by atoms with E-state index in [2.05, 4.69) is 4.99 Å². The van der Waals surface area contributed by atoms with Crippen LogP contribution in [0.4, 0.5) is 21.5 Å². The molecule has 2 aromatic carbocycles. The van der Waals surface area contributed by atoms with Crippen molar-refractivity contribution >= 4 is 23.3 Å². The Balaban J connectivity index is 2.40. The van der Waals surface area contributed by atoms with Crippen LogP contribution in [0.15, 0.2) is 41.4 Å². The van der Waals surface area contributed by atoms with Crippen molar-refractivity contribution in [3.63, 3.8) is 0 Å². The summed E-state index contributed by atoms with van der Waals surface area (Å²) in [7, 11) is 0. The summed E-state index contributed by atoms with van der Waals surface area (Å²) in [5.74, 6) is -1.09. The number of hydrogen-bond donors (Lipinski definition) is 1. The van der Waals surface area contributed by atoms with Gasteiger partial charge in [0.05, 0.1) is 9.85 Å². The first-order chi connectivity index (χ1) is 10.4. The smallest absolute Gasteiger partial charge is 0.271 e. The van der Waals surface area contributed by atoms with Crippen LogP contribution in [-0.2, 0) is 0 Å². The molecule has 0 aliphatic heterocycles. The number of aliphatic imine (C=N–C) groups is 1. The minimum Gasteiger partial charge on any atom is -0.507 e. The highest BCUT2D eigenvalue weighted by atomic mass is 19.1. The van der Waals surface area contributed by atoms with Crippen LogP contribution >= 0.6 is 0 Å². The zero-order chi connectivity index (χ0) is 16.3. The zero-order valence-corrected chi connectivity index (χ0v) is 10.8. The first kappa shape index (κ1) is 15.0. The lowest BCUT2D eigenvalue weighted by Crippen LogP contribution is -1.91. The average Bonchev–Trinajstić information content (AvgIpc) is 2.47. The summed E-state index contributed by atoms with van der Waals surface area (Å²) in [6, 6.07) is 6.04. The summed E-state index contributed by atoms with van der Waals surface area (Å²) >= 11 is 0. The predicted octanol–water partition coefficient (Wildman–Crippen LogP) is 3.10. The van der Waals surface area contributed by atoms with Crippen LogP contribution in [0.5, 0.6) is 5.75 Å². The quantitative estimate of drug-likeness (QED) is 0.528. The molecule has 0 heterocycles. The number of nitrogens with zero attached hydrogens (tertiary/aromatic N) is 3. The summed E-state index contributed by atoms with van der Waals surface area (Å²) in [4.78, 5) is 23.6. The molecule has 0 fully saturated rings. The van der Waals surface area contributed by atoms with E-state index in [9.17, 15) is 29.7 Å². The van der Waals surface area contributed by atoms with Crippen molar-refractivity contribution in [2.45, 2.75) is 0 Å². The number of phenols is 1. The van der Waals surface area contributed by atoms with Gasteiger partial charge in [0.15, 0.2) is 0 Å². The molecule has 9 heteroatoms. The largest absolute Gasteiger partial charge is 0.507 e. The SMILES string of the molecule is O=[N+]([O-])c1ccc(O)c(C=Nc2cc([N+](=O)[O-])ccc2F)c1. The third-order valence-electron chi connectivity index (χ3n) is 2.71. The number of hydrogen-bond acceptors (Lipinski definition) is 6. The molecule has 2 rings (SSSR count).